The number of ether oxygens (including phenoxy) is 2. The molecule has 4 fully saturated rings. The van der Waals surface area contributed by atoms with Gasteiger partial charge in [-0.05, 0) is 41.9 Å². The van der Waals surface area contributed by atoms with Crippen molar-refractivity contribution in [3.63, 3.8) is 0 Å². The van der Waals surface area contributed by atoms with Gasteiger partial charge >= 0.3 is 12.3 Å². The van der Waals surface area contributed by atoms with Gasteiger partial charge in [-0.3, -0.25) is 14.4 Å². The van der Waals surface area contributed by atoms with Crippen LogP contribution in [0.1, 0.15) is 40.0 Å². The first-order valence-corrected chi connectivity index (χ1v) is 15.2. The number of nitrogens with one attached hydrogen (secondary N) is 2. The molecule has 2 aliphatic carbocycles. The summed E-state index contributed by atoms with van der Waals surface area (Å²) in [4.78, 5) is 60.6. The Morgan fingerprint density at radius 1 is 1.23 bits per heavy atom. The number of alkyl halides is 4. The van der Waals surface area contributed by atoms with Crippen molar-refractivity contribution in [2.45, 2.75) is 76.1 Å². The topological polar surface area (TPSA) is 154 Å². The van der Waals surface area contributed by atoms with E-state index in [-0.39, 0.29) is 42.8 Å². The number of aromatic nitrogens is 1. The molecule has 9 unspecified atom stereocenters. The molecule has 9 atom stereocenters. The van der Waals surface area contributed by atoms with Crippen molar-refractivity contribution in [3.8, 4) is 11.8 Å². The minimum absolute atomic E-state index is 0.0190. The van der Waals surface area contributed by atoms with E-state index >= 15 is 4.39 Å². The van der Waals surface area contributed by atoms with Crippen LogP contribution in [0.5, 0.6) is 5.75 Å². The van der Waals surface area contributed by atoms with Crippen LogP contribution < -0.4 is 15.4 Å². The molecule has 12 nitrogen and oxygen atoms in total. The first-order chi connectivity index (χ1) is 21.9. The minimum atomic E-state index is -4.80. The molecule has 2 bridgehead atoms. The molecule has 4 heterocycles. The molecular weight excluding hydrogens is 635 g/mol. The number of halogens is 5. The van der Waals surface area contributed by atoms with Crippen LogP contribution in [0.15, 0.2) is 12.3 Å². The van der Waals surface area contributed by atoms with Gasteiger partial charge in [-0.15, -0.1) is 0 Å². The van der Waals surface area contributed by atoms with E-state index in [9.17, 15) is 42.0 Å². The Morgan fingerprint density at radius 3 is 2.62 bits per heavy atom. The molecule has 1 aromatic heterocycles. The fourth-order valence-corrected chi connectivity index (χ4v) is 8.07. The number of hydrogen-bond acceptors (Lipinski definition) is 8. The number of carbonyl (C=O) groups excluding carboxylic acids is 4. The summed E-state index contributed by atoms with van der Waals surface area (Å²) >= 11 is 0. The summed E-state index contributed by atoms with van der Waals surface area (Å²) < 4.78 is 77.5. The SMILES string of the molecule is CC(C)(C)C(NC(=O)OCC(F)(F)F)C(=O)N1CC2C3CC(F)C(C3)C2C1C(=O)N1CC2(CC1C#N)Oc1cc(F)cnc1NC2=O. The number of fused-ring (bicyclic) bond motifs is 6. The number of carbonyl (C=O) groups is 4. The summed E-state index contributed by atoms with van der Waals surface area (Å²) in [5, 5.41) is 14.8. The Kier molecular flexibility index (Phi) is 7.79. The summed E-state index contributed by atoms with van der Waals surface area (Å²) in [5.41, 5.74) is -2.86. The van der Waals surface area contributed by atoms with Crippen LogP contribution in [0.2, 0.25) is 0 Å². The van der Waals surface area contributed by atoms with Crippen LogP contribution in [0.4, 0.5) is 32.6 Å². The second-order valence-electron chi connectivity index (χ2n) is 14.1. The molecule has 0 aromatic carbocycles. The number of amides is 4. The highest BCUT2D eigenvalue weighted by atomic mass is 19.4. The maximum atomic E-state index is 15.2. The van der Waals surface area contributed by atoms with Gasteiger partial charge in [0.2, 0.25) is 17.4 Å². The van der Waals surface area contributed by atoms with Crippen molar-refractivity contribution in [2.24, 2.45) is 29.1 Å². The molecule has 2 saturated carbocycles. The molecule has 1 spiro atoms. The average Bonchev–Trinajstić information content (AvgIpc) is 3.73. The van der Waals surface area contributed by atoms with Crippen LogP contribution in [0.3, 0.4) is 0 Å². The average molecular weight is 669 g/mol. The molecular formula is C30H33F5N6O6. The quantitative estimate of drug-likeness (QED) is 0.465. The molecule has 3 aliphatic heterocycles. The molecule has 0 radical (unpaired) electrons. The summed E-state index contributed by atoms with van der Waals surface area (Å²) in [6, 6.07) is -0.958. The number of likely N-dealkylation sites (tertiary alicyclic amines) is 2. The van der Waals surface area contributed by atoms with Crippen LogP contribution in [0, 0.1) is 46.2 Å². The number of nitriles is 1. The minimum Gasteiger partial charge on any atom is -0.471 e. The molecule has 5 aliphatic rings. The zero-order valence-corrected chi connectivity index (χ0v) is 25.6. The van der Waals surface area contributed by atoms with E-state index in [0.29, 0.717) is 6.42 Å². The zero-order valence-electron chi connectivity index (χ0n) is 25.6. The molecule has 2 saturated heterocycles. The summed E-state index contributed by atoms with van der Waals surface area (Å²) in [5.74, 6) is -4.74. The monoisotopic (exact) mass is 668 g/mol. The predicted molar refractivity (Wildman–Crippen MR) is 149 cm³/mol. The Morgan fingerprint density at radius 2 is 1.96 bits per heavy atom. The standard InChI is InChI=1S/C30H33F5N6O6/c1-28(2,3)22(38-27(45)46-12-30(33,34)35)25(43)40-10-17-13-4-16(18(32)5-13)20(17)21(40)24(42)41-11-29(7-15(41)8-36)26(44)39-23-19(47-29)6-14(31)9-37-23/h6,9,13,15-18,20-22H,4-5,7,10-12H2,1-3H3,(H,38,45)(H,37,39,44). The highest BCUT2D eigenvalue weighted by molar-refractivity contribution is 6.01. The number of nitrogens with zero attached hydrogens (tertiary/aromatic N) is 4. The Bertz CT molecular complexity index is 1550. The second-order valence-corrected chi connectivity index (χ2v) is 14.1. The molecule has 47 heavy (non-hydrogen) atoms. The molecule has 1 aromatic rings. The lowest BCUT2D eigenvalue weighted by molar-refractivity contribution is -0.161. The van der Waals surface area contributed by atoms with Gasteiger partial charge in [0, 0.05) is 19.0 Å². The van der Waals surface area contributed by atoms with E-state index < -0.39 is 96.1 Å². The highest BCUT2D eigenvalue weighted by Gasteiger charge is 2.65. The first kappa shape index (κ1) is 32.7. The Balaban J connectivity index is 1.31. The first-order valence-electron chi connectivity index (χ1n) is 15.2. The molecule has 6 rings (SSSR count). The lowest BCUT2D eigenvalue weighted by atomic mass is 9.77. The van der Waals surface area contributed by atoms with Gasteiger partial charge in [0.1, 0.15) is 30.1 Å². The highest BCUT2D eigenvalue weighted by Crippen LogP contribution is 2.59. The molecule has 2 N–H and O–H groups in total. The third-order valence-corrected chi connectivity index (χ3v) is 10.1. The van der Waals surface area contributed by atoms with E-state index in [1.807, 2.05) is 6.07 Å². The third kappa shape index (κ3) is 5.69. The Labute approximate surface area is 265 Å². The molecule has 254 valence electrons. The normalized spacial score (nSPS) is 33.1. The van der Waals surface area contributed by atoms with Crippen molar-refractivity contribution in [1.82, 2.24) is 20.1 Å². The second kappa shape index (κ2) is 11.2. The van der Waals surface area contributed by atoms with Crippen LogP contribution >= 0.6 is 0 Å². The molecule has 17 heteroatoms. The lowest BCUT2D eigenvalue weighted by Crippen LogP contribution is -2.60. The summed E-state index contributed by atoms with van der Waals surface area (Å²) in [6.07, 6.45) is -6.18. The van der Waals surface area contributed by atoms with Gasteiger partial charge in [0.15, 0.2) is 18.2 Å². The van der Waals surface area contributed by atoms with Gasteiger partial charge in [-0.1, -0.05) is 20.8 Å². The molecule has 4 amide bonds. The van der Waals surface area contributed by atoms with Crippen molar-refractivity contribution in [2.75, 3.05) is 25.0 Å². The van der Waals surface area contributed by atoms with E-state index in [0.717, 1.165) is 17.2 Å². The summed E-state index contributed by atoms with van der Waals surface area (Å²) in [6.45, 7) is 2.40. The number of alkyl carbamates (subject to hydrolysis) is 1. The van der Waals surface area contributed by atoms with Crippen molar-refractivity contribution in [1.29, 1.82) is 5.26 Å². The lowest BCUT2D eigenvalue weighted by Gasteiger charge is -2.38. The van der Waals surface area contributed by atoms with E-state index in [1.165, 1.54) is 4.90 Å². The fourth-order valence-electron chi connectivity index (χ4n) is 8.07. The number of hydrogen-bond donors (Lipinski definition) is 2. The van der Waals surface area contributed by atoms with Gasteiger partial charge in [-0.2, -0.15) is 18.4 Å². The van der Waals surface area contributed by atoms with Gasteiger partial charge in [-0.25, -0.2) is 18.6 Å². The van der Waals surface area contributed by atoms with Gasteiger partial charge < -0.3 is 29.9 Å². The predicted octanol–water partition coefficient (Wildman–Crippen LogP) is 2.94. The maximum absolute atomic E-state index is 15.2. The van der Waals surface area contributed by atoms with Crippen molar-refractivity contribution in [3.05, 3.63) is 18.1 Å². The number of pyridine rings is 1. The van der Waals surface area contributed by atoms with Crippen LogP contribution in [-0.4, -0.2) is 94.4 Å². The Hall–Kier alpha value is -4.23. The van der Waals surface area contributed by atoms with E-state index in [2.05, 4.69) is 20.4 Å². The number of rotatable bonds is 4. The van der Waals surface area contributed by atoms with Crippen LogP contribution in [-0.2, 0) is 19.1 Å². The van der Waals surface area contributed by atoms with E-state index in [1.54, 1.807) is 20.8 Å². The maximum Gasteiger partial charge on any atom is 0.422 e. The van der Waals surface area contributed by atoms with Crippen molar-refractivity contribution >= 4 is 29.6 Å². The smallest absolute Gasteiger partial charge is 0.422 e. The van der Waals surface area contributed by atoms with Gasteiger partial charge in [0.25, 0.3) is 5.91 Å². The zero-order chi connectivity index (χ0) is 34.2. The van der Waals surface area contributed by atoms with E-state index in [4.69, 9.17) is 4.74 Å². The fraction of sp³-hybridized carbons (Fsp3) is 0.667. The van der Waals surface area contributed by atoms with Crippen LogP contribution in [0.25, 0.3) is 0 Å². The summed E-state index contributed by atoms with van der Waals surface area (Å²) in [7, 11) is 0. The van der Waals surface area contributed by atoms with Gasteiger partial charge in [0.05, 0.1) is 18.8 Å². The largest absolute Gasteiger partial charge is 0.471 e. The van der Waals surface area contributed by atoms with Crippen molar-refractivity contribution < 1.29 is 50.6 Å². The number of anilines is 1. The third-order valence-electron chi connectivity index (χ3n) is 10.1.